The molecule has 2 heterocycles. The number of hydrogen-bond acceptors (Lipinski definition) is 5. The Morgan fingerprint density at radius 1 is 1.06 bits per heavy atom. The van der Waals surface area contributed by atoms with E-state index in [-0.39, 0.29) is 24.4 Å². The minimum Gasteiger partial charge on any atom is -0.486 e. The molecule has 0 saturated carbocycles. The Balaban J connectivity index is 1.51. The second-order valence-corrected chi connectivity index (χ2v) is 7.92. The van der Waals surface area contributed by atoms with Crippen molar-refractivity contribution in [3.05, 3.63) is 112 Å². The van der Waals surface area contributed by atoms with Crippen LogP contribution in [0.4, 0.5) is 4.39 Å². The SMILES string of the molecule is Cc1nc(COc2ccc(F)cc2)sc1C(=O)NC(c1ccccc1)c1ccccn1. The molecule has 2 aromatic heterocycles. The number of aromatic nitrogens is 2. The fraction of sp³-hybridized carbons (Fsp3) is 0.125. The molecule has 0 bridgehead atoms. The van der Waals surface area contributed by atoms with Crippen molar-refractivity contribution >= 4 is 17.2 Å². The first-order valence-corrected chi connectivity index (χ1v) is 10.5. The van der Waals surface area contributed by atoms with Crippen LogP contribution < -0.4 is 10.1 Å². The summed E-state index contributed by atoms with van der Waals surface area (Å²) in [7, 11) is 0. The lowest BCUT2D eigenvalue weighted by molar-refractivity contribution is 0.0945. The van der Waals surface area contributed by atoms with E-state index in [0.29, 0.717) is 21.3 Å². The number of nitrogens with one attached hydrogen (secondary N) is 1. The fourth-order valence-electron chi connectivity index (χ4n) is 3.12. The molecular formula is C24H20FN3O2S. The van der Waals surface area contributed by atoms with E-state index in [0.717, 1.165) is 11.3 Å². The summed E-state index contributed by atoms with van der Waals surface area (Å²) in [5.74, 6) is -0.000590. The molecule has 156 valence electrons. The van der Waals surface area contributed by atoms with Crippen molar-refractivity contribution in [2.45, 2.75) is 19.6 Å². The van der Waals surface area contributed by atoms with Crippen molar-refractivity contribution in [3.63, 3.8) is 0 Å². The van der Waals surface area contributed by atoms with E-state index in [4.69, 9.17) is 4.74 Å². The smallest absolute Gasteiger partial charge is 0.264 e. The Labute approximate surface area is 183 Å². The number of thiazole rings is 1. The third-order valence-corrected chi connectivity index (χ3v) is 5.74. The van der Waals surface area contributed by atoms with E-state index in [9.17, 15) is 9.18 Å². The van der Waals surface area contributed by atoms with Crippen LogP contribution in [0.5, 0.6) is 5.75 Å². The summed E-state index contributed by atoms with van der Waals surface area (Å²) >= 11 is 1.28. The molecule has 2 aromatic carbocycles. The lowest BCUT2D eigenvalue weighted by Crippen LogP contribution is -2.29. The topological polar surface area (TPSA) is 64.1 Å². The Morgan fingerprint density at radius 3 is 2.52 bits per heavy atom. The molecule has 31 heavy (non-hydrogen) atoms. The van der Waals surface area contributed by atoms with Gasteiger partial charge in [0, 0.05) is 6.20 Å². The van der Waals surface area contributed by atoms with Crippen LogP contribution >= 0.6 is 11.3 Å². The average molecular weight is 434 g/mol. The third kappa shape index (κ3) is 5.13. The summed E-state index contributed by atoms with van der Waals surface area (Å²) in [6.07, 6.45) is 1.71. The summed E-state index contributed by atoms with van der Waals surface area (Å²) in [5.41, 5.74) is 2.33. The molecule has 0 aliphatic rings. The number of rotatable bonds is 7. The maximum Gasteiger partial charge on any atom is 0.264 e. The van der Waals surface area contributed by atoms with E-state index >= 15 is 0 Å². The second-order valence-electron chi connectivity index (χ2n) is 6.84. The number of nitrogens with zero attached hydrogens (tertiary/aromatic N) is 2. The molecule has 1 amide bonds. The maximum absolute atomic E-state index is 13.1. The lowest BCUT2D eigenvalue weighted by Gasteiger charge is -2.18. The number of halogens is 1. The number of ether oxygens (including phenoxy) is 1. The number of aryl methyl sites for hydroxylation is 1. The molecule has 0 saturated heterocycles. The second kappa shape index (κ2) is 9.49. The van der Waals surface area contributed by atoms with Gasteiger partial charge >= 0.3 is 0 Å². The minimum absolute atomic E-state index is 0.201. The largest absolute Gasteiger partial charge is 0.486 e. The van der Waals surface area contributed by atoms with Crippen LogP contribution in [0.25, 0.3) is 0 Å². The third-order valence-electron chi connectivity index (χ3n) is 4.61. The normalized spacial score (nSPS) is 11.7. The van der Waals surface area contributed by atoms with E-state index in [1.54, 1.807) is 25.3 Å². The van der Waals surface area contributed by atoms with Gasteiger partial charge in [0.1, 0.15) is 28.1 Å². The molecule has 1 unspecified atom stereocenters. The molecule has 0 radical (unpaired) electrons. The van der Waals surface area contributed by atoms with Crippen LogP contribution in [0.3, 0.4) is 0 Å². The van der Waals surface area contributed by atoms with Crippen molar-refractivity contribution in [1.29, 1.82) is 0 Å². The van der Waals surface area contributed by atoms with Gasteiger partial charge in [-0.3, -0.25) is 9.78 Å². The standard InChI is InChI=1S/C24H20FN3O2S/c1-16-23(31-21(27-16)15-30-19-12-10-18(25)11-13-19)24(29)28-22(17-7-3-2-4-8-17)20-9-5-6-14-26-20/h2-14,22H,15H2,1H3,(H,28,29). The quantitative estimate of drug-likeness (QED) is 0.441. The maximum atomic E-state index is 13.1. The Bertz CT molecular complexity index is 1110. The summed E-state index contributed by atoms with van der Waals surface area (Å²) in [6, 6.07) is 20.7. The number of carbonyl (C=O) groups excluding carboxylic acids is 1. The van der Waals surface area contributed by atoms with Gasteiger partial charge in [0.25, 0.3) is 5.91 Å². The molecule has 0 spiro atoms. The molecule has 4 aromatic rings. The Morgan fingerprint density at radius 2 is 1.81 bits per heavy atom. The predicted octanol–water partition coefficient (Wildman–Crippen LogP) is 5.08. The molecule has 5 nitrogen and oxygen atoms in total. The molecule has 1 N–H and O–H groups in total. The number of hydrogen-bond donors (Lipinski definition) is 1. The Kier molecular flexibility index (Phi) is 6.33. The highest BCUT2D eigenvalue weighted by molar-refractivity contribution is 7.13. The van der Waals surface area contributed by atoms with Gasteiger partial charge in [-0.15, -0.1) is 11.3 Å². The molecule has 1 atom stereocenters. The lowest BCUT2D eigenvalue weighted by atomic mass is 10.0. The molecule has 0 aliphatic heterocycles. The van der Waals surface area contributed by atoms with Crippen molar-refractivity contribution in [2.75, 3.05) is 0 Å². The van der Waals surface area contributed by atoms with Gasteiger partial charge in [-0.25, -0.2) is 9.37 Å². The molecular weight excluding hydrogens is 413 g/mol. The fourth-order valence-corrected chi connectivity index (χ4v) is 4.00. The Hall–Kier alpha value is -3.58. The molecule has 4 rings (SSSR count). The predicted molar refractivity (Wildman–Crippen MR) is 118 cm³/mol. The first-order valence-electron chi connectivity index (χ1n) is 9.71. The highest BCUT2D eigenvalue weighted by atomic mass is 32.1. The monoisotopic (exact) mass is 433 g/mol. The van der Waals surface area contributed by atoms with Gasteiger partial charge in [0.2, 0.25) is 0 Å². The van der Waals surface area contributed by atoms with E-state index in [1.807, 2.05) is 48.5 Å². The van der Waals surface area contributed by atoms with Gasteiger partial charge in [-0.05, 0) is 48.9 Å². The summed E-state index contributed by atoms with van der Waals surface area (Å²) in [4.78, 5) is 22.5. The van der Waals surface area contributed by atoms with Crippen molar-refractivity contribution < 1.29 is 13.9 Å². The van der Waals surface area contributed by atoms with Crippen molar-refractivity contribution in [1.82, 2.24) is 15.3 Å². The zero-order valence-corrected chi connectivity index (χ0v) is 17.6. The minimum atomic E-state index is -0.379. The van der Waals surface area contributed by atoms with E-state index in [2.05, 4.69) is 15.3 Å². The van der Waals surface area contributed by atoms with E-state index < -0.39 is 0 Å². The van der Waals surface area contributed by atoms with Gasteiger partial charge < -0.3 is 10.1 Å². The molecule has 7 heteroatoms. The number of amides is 1. The van der Waals surface area contributed by atoms with Gasteiger partial charge in [-0.1, -0.05) is 36.4 Å². The summed E-state index contributed by atoms with van der Waals surface area (Å²) in [6.45, 7) is 2.00. The zero-order valence-electron chi connectivity index (χ0n) is 16.8. The number of benzene rings is 2. The first-order chi connectivity index (χ1) is 15.1. The van der Waals surface area contributed by atoms with Crippen molar-refractivity contribution in [3.8, 4) is 5.75 Å². The highest BCUT2D eigenvalue weighted by Crippen LogP contribution is 2.24. The summed E-state index contributed by atoms with van der Waals surface area (Å²) in [5, 5.41) is 3.75. The number of pyridine rings is 1. The van der Waals surface area contributed by atoms with E-state index in [1.165, 1.54) is 23.5 Å². The van der Waals surface area contributed by atoms with Crippen LogP contribution in [0.2, 0.25) is 0 Å². The zero-order chi connectivity index (χ0) is 21.6. The molecule has 0 aliphatic carbocycles. The van der Waals surface area contributed by atoms with Crippen molar-refractivity contribution in [2.24, 2.45) is 0 Å². The average Bonchev–Trinajstić information content (AvgIpc) is 3.19. The van der Waals surface area contributed by atoms with Crippen LogP contribution in [-0.4, -0.2) is 15.9 Å². The van der Waals surface area contributed by atoms with Gasteiger partial charge in [-0.2, -0.15) is 0 Å². The summed E-state index contributed by atoms with van der Waals surface area (Å²) < 4.78 is 18.7. The first kappa shape index (κ1) is 20.7. The highest BCUT2D eigenvalue weighted by Gasteiger charge is 2.22. The van der Waals surface area contributed by atoms with Crippen LogP contribution in [0.1, 0.15) is 37.7 Å². The van der Waals surface area contributed by atoms with Crippen LogP contribution in [-0.2, 0) is 6.61 Å². The van der Waals surface area contributed by atoms with Crippen LogP contribution in [0, 0.1) is 12.7 Å². The molecule has 0 fully saturated rings. The number of carbonyl (C=O) groups is 1. The van der Waals surface area contributed by atoms with Crippen LogP contribution in [0.15, 0.2) is 79.0 Å². The van der Waals surface area contributed by atoms with Gasteiger partial charge in [0.05, 0.1) is 17.4 Å². The van der Waals surface area contributed by atoms with Gasteiger partial charge in [0.15, 0.2) is 0 Å².